The maximum absolute atomic E-state index is 13.8. The SMILES string of the molecule is COc1ccc2nc(NC(=O)C(Sc3cccc(NC(=O)/C(=C\c4ccc(Cl)cc4Cl)NC(=O)c4ccccc4)c3)c3ccccc3)sc2c1. The Morgan fingerprint density at radius 1 is 0.840 bits per heavy atom. The van der Waals surface area contributed by atoms with Gasteiger partial charge in [0.15, 0.2) is 5.13 Å². The van der Waals surface area contributed by atoms with E-state index in [0.29, 0.717) is 37.7 Å². The summed E-state index contributed by atoms with van der Waals surface area (Å²) < 4.78 is 6.21. The molecule has 0 aliphatic heterocycles. The van der Waals surface area contributed by atoms with Gasteiger partial charge in [-0.1, -0.05) is 95.2 Å². The van der Waals surface area contributed by atoms with Gasteiger partial charge in [-0.15, -0.1) is 11.8 Å². The molecule has 12 heteroatoms. The first kappa shape index (κ1) is 34.7. The van der Waals surface area contributed by atoms with Crippen molar-refractivity contribution in [1.82, 2.24) is 10.3 Å². The highest BCUT2D eigenvalue weighted by Gasteiger charge is 2.24. The number of anilines is 2. The minimum Gasteiger partial charge on any atom is -0.497 e. The molecule has 0 saturated heterocycles. The molecule has 6 rings (SSSR count). The lowest BCUT2D eigenvalue weighted by Gasteiger charge is -2.17. The molecule has 0 saturated carbocycles. The number of aromatic nitrogens is 1. The lowest BCUT2D eigenvalue weighted by atomic mass is 10.1. The van der Waals surface area contributed by atoms with E-state index in [4.69, 9.17) is 27.9 Å². The van der Waals surface area contributed by atoms with Crippen molar-refractivity contribution in [2.45, 2.75) is 10.1 Å². The number of hydrogen-bond acceptors (Lipinski definition) is 7. The molecular formula is C38H28Cl2N4O4S2. The van der Waals surface area contributed by atoms with E-state index in [0.717, 1.165) is 20.7 Å². The lowest BCUT2D eigenvalue weighted by molar-refractivity contribution is -0.116. The number of ether oxygens (including phenoxy) is 1. The molecule has 0 radical (unpaired) electrons. The minimum atomic E-state index is -0.642. The Morgan fingerprint density at radius 3 is 2.34 bits per heavy atom. The van der Waals surface area contributed by atoms with Gasteiger partial charge in [-0.25, -0.2) is 4.98 Å². The zero-order chi connectivity index (χ0) is 35.0. The third-order valence-corrected chi connectivity index (χ3v) is 10.0. The van der Waals surface area contributed by atoms with Crippen LogP contribution in [0.1, 0.15) is 26.7 Å². The summed E-state index contributed by atoms with van der Waals surface area (Å²) in [6, 6.07) is 35.5. The van der Waals surface area contributed by atoms with Crippen LogP contribution in [0, 0.1) is 0 Å². The van der Waals surface area contributed by atoms with Crippen LogP contribution < -0.4 is 20.7 Å². The molecule has 0 fully saturated rings. The molecule has 0 aliphatic rings. The molecule has 5 aromatic carbocycles. The van der Waals surface area contributed by atoms with E-state index in [1.165, 1.54) is 29.2 Å². The number of thioether (sulfide) groups is 1. The minimum absolute atomic E-state index is 0.0314. The van der Waals surface area contributed by atoms with E-state index >= 15 is 0 Å². The van der Waals surface area contributed by atoms with Gasteiger partial charge in [0.2, 0.25) is 5.91 Å². The van der Waals surface area contributed by atoms with E-state index in [-0.39, 0.29) is 11.6 Å². The van der Waals surface area contributed by atoms with Crippen LogP contribution in [0.25, 0.3) is 16.3 Å². The summed E-state index contributed by atoms with van der Waals surface area (Å²) in [5, 5.41) is 9.14. The second-order valence-electron chi connectivity index (χ2n) is 10.8. The number of carbonyl (C=O) groups excluding carboxylic acids is 3. The number of thiazole rings is 1. The average Bonchev–Trinajstić information content (AvgIpc) is 3.53. The Hall–Kier alpha value is -5.13. The van der Waals surface area contributed by atoms with Crippen molar-refractivity contribution < 1.29 is 19.1 Å². The first-order valence-corrected chi connectivity index (χ1v) is 17.6. The molecule has 6 aromatic rings. The zero-order valence-electron chi connectivity index (χ0n) is 26.4. The number of amides is 3. The largest absolute Gasteiger partial charge is 0.497 e. The van der Waals surface area contributed by atoms with Crippen molar-refractivity contribution in [3.05, 3.63) is 154 Å². The van der Waals surface area contributed by atoms with Crippen LogP contribution >= 0.6 is 46.3 Å². The summed E-state index contributed by atoms with van der Waals surface area (Å²) in [6.07, 6.45) is 1.49. The predicted octanol–water partition coefficient (Wildman–Crippen LogP) is 9.49. The van der Waals surface area contributed by atoms with Gasteiger partial charge in [0.05, 0.1) is 17.3 Å². The molecule has 0 aliphatic carbocycles. The van der Waals surface area contributed by atoms with E-state index < -0.39 is 17.1 Å². The molecule has 1 heterocycles. The Kier molecular flexibility index (Phi) is 11.1. The third kappa shape index (κ3) is 8.71. The third-order valence-electron chi connectivity index (χ3n) is 7.30. The monoisotopic (exact) mass is 738 g/mol. The van der Waals surface area contributed by atoms with Crippen LogP contribution in [0.2, 0.25) is 10.0 Å². The van der Waals surface area contributed by atoms with Gasteiger partial charge in [-0.3, -0.25) is 14.4 Å². The highest BCUT2D eigenvalue weighted by Crippen LogP contribution is 2.38. The molecule has 1 unspecified atom stereocenters. The fourth-order valence-corrected chi connectivity index (χ4v) is 7.30. The van der Waals surface area contributed by atoms with Crippen LogP contribution in [-0.4, -0.2) is 29.8 Å². The molecule has 3 amide bonds. The number of hydrogen-bond donors (Lipinski definition) is 3. The Morgan fingerprint density at radius 2 is 1.60 bits per heavy atom. The number of methoxy groups -OCH3 is 1. The maximum atomic E-state index is 13.8. The van der Waals surface area contributed by atoms with Gasteiger partial charge in [-0.05, 0) is 77.9 Å². The number of rotatable bonds is 11. The molecule has 0 spiro atoms. The molecule has 0 bridgehead atoms. The van der Waals surface area contributed by atoms with Crippen molar-refractivity contribution in [2.24, 2.45) is 0 Å². The van der Waals surface area contributed by atoms with Gasteiger partial charge in [-0.2, -0.15) is 0 Å². The topological polar surface area (TPSA) is 109 Å². The summed E-state index contributed by atoms with van der Waals surface area (Å²) in [7, 11) is 1.60. The van der Waals surface area contributed by atoms with Gasteiger partial charge in [0, 0.05) is 26.2 Å². The van der Waals surface area contributed by atoms with E-state index in [1.54, 1.807) is 73.8 Å². The highest BCUT2D eigenvalue weighted by atomic mass is 35.5. The highest BCUT2D eigenvalue weighted by molar-refractivity contribution is 8.00. The van der Waals surface area contributed by atoms with Crippen LogP contribution in [0.5, 0.6) is 5.75 Å². The van der Waals surface area contributed by atoms with Crippen LogP contribution in [0.3, 0.4) is 0 Å². The first-order chi connectivity index (χ1) is 24.2. The number of nitrogens with one attached hydrogen (secondary N) is 3. The zero-order valence-corrected chi connectivity index (χ0v) is 29.5. The number of carbonyl (C=O) groups is 3. The molecule has 1 atom stereocenters. The summed E-state index contributed by atoms with van der Waals surface area (Å²) in [4.78, 5) is 45.9. The fourth-order valence-electron chi connectivity index (χ4n) is 4.86. The molecular weight excluding hydrogens is 711 g/mol. The van der Waals surface area contributed by atoms with Crippen molar-refractivity contribution >= 4 is 91.1 Å². The van der Waals surface area contributed by atoms with Crippen molar-refractivity contribution in [2.75, 3.05) is 17.7 Å². The van der Waals surface area contributed by atoms with Crippen molar-refractivity contribution in [3.8, 4) is 5.75 Å². The molecule has 250 valence electrons. The summed E-state index contributed by atoms with van der Waals surface area (Å²) in [6.45, 7) is 0. The number of nitrogens with zero attached hydrogens (tertiary/aromatic N) is 1. The second-order valence-corrected chi connectivity index (χ2v) is 13.8. The Labute approximate surface area is 306 Å². The summed E-state index contributed by atoms with van der Waals surface area (Å²) >= 11 is 15.2. The summed E-state index contributed by atoms with van der Waals surface area (Å²) in [5.41, 5.74) is 2.84. The molecule has 3 N–H and O–H groups in total. The summed E-state index contributed by atoms with van der Waals surface area (Å²) in [5.74, 6) is -0.591. The lowest BCUT2D eigenvalue weighted by Crippen LogP contribution is -2.30. The van der Waals surface area contributed by atoms with Gasteiger partial charge < -0.3 is 20.7 Å². The van der Waals surface area contributed by atoms with Crippen LogP contribution in [0.15, 0.2) is 132 Å². The van der Waals surface area contributed by atoms with Gasteiger partial charge in [0.25, 0.3) is 11.8 Å². The molecule has 1 aromatic heterocycles. The standard InChI is InChI=1S/C38H28Cl2N4O4S2/c1-48-28-17-18-31-33(22-28)50-38(43-31)44-37(47)34(23-9-4-2-5-10-23)49-29-14-8-13-27(21-29)41-36(46)32(19-25-15-16-26(39)20-30(25)40)42-35(45)24-11-6-3-7-12-24/h2-22,34H,1H3,(H,41,46)(H,42,45)(H,43,44,47)/b32-19+. The quantitative estimate of drug-likeness (QED) is 0.0903. The number of benzene rings is 5. The smallest absolute Gasteiger partial charge is 0.272 e. The Balaban J connectivity index is 1.23. The second kappa shape index (κ2) is 16.1. The molecule has 50 heavy (non-hydrogen) atoms. The van der Waals surface area contributed by atoms with Gasteiger partial charge >= 0.3 is 0 Å². The van der Waals surface area contributed by atoms with Gasteiger partial charge in [0.1, 0.15) is 16.7 Å². The van der Waals surface area contributed by atoms with Crippen LogP contribution in [0.4, 0.5) is 10.8 Å². The van der Waals surface area contributed by atoms with Crippen molar-refractivity contribution in [1.29, 1.82) is 0 Å². The van der Waals surface area contributed by atoms with E-state index in [2.05, 4.69) is 20.9 Å². The molecule has 8 nitrogen and oxygen atoms in total. The average molecular weight is 740 g/mol. The van der Waals surface area contributed by atoms with E-state index in [9.17, 15) is 14.4 Å². The normalized spacial score (nSPS) is 11.9. The Bertz CT molecular complexity index is 2210. The first-order valence-electron chi connectivity index (χ1n) is 15.2. The van der Waals surface area contributed by atoms with Crippen molar-refractivity contribution in [3.63, 3.8) is 0 Å². The fraction of sp³-hybridized carbons (Fsp3) is 0.0526. The van der Waals surface area contributed by atoms with E-state index in [1.807, 2.05) is 54.6 Å². The number of fused-ring (bicyclic) bond motifs is 1. The van der Waals surface area contributed by atoms with Crippen LogP contribution in [-0.2, 0) is 9.59 Å². The maximum Gasteiger partial charge on any atom is 0.272 e. The number of halogens is 2. The predicted molar refractivity (Wildman–Crippen MR) is 203 cm³/mol.